The molecule has 0 unspecified atom stereocenters. The highest BCUT2D eigenvalue weighted by molar-refractivity contribution is 5.73. The van der Waals surface area contributed by atoms with Crippen molar-refractivity contribution in [2.75, 3.05) is 36.9 Å². The Hall–Kier alpha value is -2.45. The van der Waals surface area contributed by atoms with Crippen LogP contribution >= 0.6 is 0 Å². The smallest absolute Gasteiger partial charge is 0.229 e. The van der Waals surface area contributed by atoms with Gasteiger partial charge in [-0.2, -0.15) is 10.1 Å². The number of anilines is 3. The lowest BCUT2D eigenvalue weighted by molar-refractivity contribution is 0.0662. The van der Waals surface area contributed by atoms with Crippen molar-refractivity contribution < 1.29 is 4.74 Å². The van der Waals surface area contributed by atoms with E-state index in [2.05, 4.69) is 77.2 Å². The van der Waals surface area contributed by atoms with Crippen molar-refractivity contribution in [2.24, 2.45) is 5.92 Å². The Labute approximate surface area is 242 Å². The van der Waals surface area contributed by atoms with Gasteiger partial charge in [0.05, 0.1) is 17.9 Å². The average molecular weight is 552 g/mol. The summed E-state index contributed by atoms with van der Waals surface area (Å²) in [6, 6.07) is 1.54. The maximum atomic E-state index is 5.51. The summed E-state index contributed by atoms with van der Waals surface area (Å²) >= 11 is 0. The molecule has 1 aliphatic carbocycles. The molecule has 0 bridgehead atoms. The molecule has 2 N–H and O–H groups in total. The van der Waals surface area contributed by atoms with Crippen LogP contribution in [-0.2, 0) is 4.74 Å². The van der Waals surface area contributed by atoms with Gasteiger partial charge in [0, 0.05) is 43.3 Å². The second-order valence-electron chi connectivity index (χ2n) is 12.2. The van der Waals surface area contributed by atoms with E-state index >= 15 is 0 Å². The summed E-state index contributed by atoms with van der Waals surface area (Å²) in [5.41, 5.74) is 3.23. The SMILES string of the molecule is CC/C=C(\C)c1cnc(Nc2cnn(C3CCOCC3)c2)nc1NC1CCC(N(CCC)CCCC(C)C)CC1. The minimum atomic E-state index is 0.394. The molecular weight excluding hydrogens is 498 g/mol. The monoisotopic (exact) mass is 551 g/mol. The van der Waals surface area contributed by atoms with Gasteiger partial charge in [0.25, 0.3) is 0 Å². The molecule has 0 radical (unpaired) electrons. The van der Waals surface area contributed by atoms with E-state index in [1.54, 1.807) is 0 Å². The van der Waals surface area contributed by atoms with Crippen molar-refractivity contribution in [3.05, 3.63) is 30.2 Å². The van der Waals surface area contributed by atoms with Gasteiger partial charge >= 0.3 is 0 Å². The molecule has 2 aliphatic rings. The second kappa shape index (κ2) is 15.5. The van der Waals surface area contributed by atoms with E-state index in [-0.39, 0.29) is 0 Å². The third kappa shape index (κ3) is 8.77. The quantitative estimate of drug-likeness (QED) is 0.252. The molecule has 8 heteroatoms. The van der Waals surface area contributed by atoms with Crippen LogP contribution in [0.5, 0.6) is 0 Å². The number of aromatic nitrogens is 4. The van der Waals surface area contributed by atoms with Crippen molar-refractivity contribution in [1.29, 1.82) is 0 Å². The Kier molecular flexibility index (Phi) is 11.8. The summed E-state index contributed by atoms with van der Waals surface area (Å²) in [6.07, 6.45) is 19.9. The summed E-state index contributed by atoms with van der Waals surface area (Å²) in [4.78, 5) is 12.4. The number of nitrogens with zero attached hydrogens (tertiary/aromatic N) is 5. The Bertz CT molecular complexity index is 1050. The fourth-order valence-electron chi connectivity index (χ4n) is 6.18. The predicted octanol–water partition coefficient (Wildman–Crippen LogP) is 7.45. The highest BCUT2D eigenvalue weighted by atomic mass is 16.5. The average Bonchev–Trinajstić information content (AvgIpc) is 3.42. The van der Waals surface area contributed by atoms with Crippen molar-refractivity contribution in [3.8, 4) is 0 Å². The molecule has 0 spiro atoms. The van der Waals surface area contributed by atoms with Crippen molar-refractivity contribution >= 4 is 23.0 Å². The van der Waals surface area contributed by atoms with Crippen LogP contribution in [0.25, 0.3) is 5.57 Å². The minimum Gasteiger partial charge on any atom is -0.381 e. The zero-order valence-corrected chi connectivity index (χ0v) is 25.7. The van der Waals surface area contributed by atoms with Crippen LogP contribution in [-0.4, -0.2) is 63.0 Å². The van der Waals surface area contributed by atoms with E-state index in [0.29, 0.717) is 24.1 Å². The van der Waals surface area contributed by atoms with Crippen LogP contribution < -0.4 is 10.6 Å². The standard InChI is InChI=1S/C32H53N7O/c1-6-9-25(5)30-22-33-32(36-27-21-34-39(23-27)29-15-19-40-20-16-29)37-31(30)35-26-11-13-28(14-12-26)38(17-7-2)18-8-10-24(3)4/h9,21-24,26,28-29H,6-8,10-20H2,1-5H3,(H2,33,35,36,37)/b25-9+. The lowest BCUT2D eigenvalue weighted by Crippen LogP contribution is -2.41. The zero-order valence-electron chi connectivity index (χ0n) is 25.7. The van der Waals surface area contributed by atoms with Crippen LogP contribution in [0.3, 0.4) is 0 Å². The molecule has 3 heterocycles. The number of nitrogens with one attached hydrogen (secondary N) is 2. The number of hydrogen-bond acceptors (Lipinski definition) is 7. The van der Waals surface area contributed by atoms with Gasteiger partial charge in [-0.05, 0) is 95.7 Å². The van der Waals surface area contributed by atoms with Gasteiger partial charge in [0.1, 0.15) is 5.82 Å². The number of allylic oxidation sites excluding steroid dienone is 2. The second-order valence-corrected chi connectivity index (χ2v) is 12.2. The molecule has 1 saturated carbocycles. The third-order valence-electron chi connectivity index (χ3n) is 8.44. The van der Waals surface area contributed by atoms with E-state index in [4.69, 9.17) is 9.72 Å². The maximum absolute atomic E-state index is 5.51. The molecule has 0 atom stereocenters. The van der Waals surface area contributed by atoms with E-state index in [1.807, 2.05) is 12.4 Å². The molecule has 40 heavy (non-hydrogen) atoms. The normalized spacial score (nSPS) is 20.8. The summed E-state index contributed by atoms with van der Waals surface area (Å²) in [5.74, 6) is 2.33. The van der Waals surface area contributed by atoms with Gasteiger partial charge in [-0.3, -0.25) is 4.68 Å². The first-order chi connectivity index (χ1) is 19.5. The summed E-state index contributed by atoms with van der Waals surface area (Å²) in [7, 11) is 0. The number of hydrogen-bond donors (Lipinski definition) is 2. The Morgan fingerprint density at radius 3 is 2.58 bits per heavy atom. The molecule has 1 aliphatic heterocycles. The lowest BCUT2D eigenvalue weighted by atomic mass is 9.89. The Morgan fingerprint density at radius 1 is 1.10 bits per heavy atom. The molecule has 0 aromatic carbocycles. The van der Waals surface area contributed by atoms with Gasteiger partial charge < -0.3 is 20.3 Å². The molecule has 4 rings (SSSR count). The maximum Gasteiger partial charge on any atom is 0.229 e. The van der Waals surface area contributed by atoms with Gasteiger partial charge in [0.15, 0.2) is 0 Å². The van der Waals surface area contributed by atoms with E-state index in [9.17, 15) is 0 Å². The first-order valence-corrected chi connectivity index (χ1v) is 15.9. The van der Waals surface area contributed by atoms with Crippen LogP contribution in [0.15, 0.2) is 24.7 Å². The fraction of sp³-hybridized carbons (Fsp3) is 0.719. The van der Waals surface area contributed by atoms with Crippen LogP contribution in [0.4, 0.5) is 17.5 Å². The highest BCUT2D eigenvalue weighted by Crippen LogP contribution is 2.30. The zero-order chi connectivity index (χ0) is 28.3. The van der Waals surface area contributed by atoms with Gasteiger partial charge in [-0.25, -0.2) is 4.98 Å². The molecule has 1 saturated heterocycles. The Morgan fingerprint density at radius 2 is 1.88 bits per heavy atom. The Balaban J connectivity index is 1.41. The summed E-state index contributed by atoms with van der Waals surface area (Å²) < 4.78 is 7.56. The molecule has 2 aromatic rings. The molecule has 2 aromatic heterocycles. The van der Waals surface area contributed by atoms with Crippen molar-refractivity contribution in [2.45, 2.75) is 117 Å². The minimum absolute atomic E-state index is 0.394. The third-order valence-corrected chi connectivity index (χ3v) is 8.44. The van der Waals surface area contributed by atoms with Gasteiger partial charge in [-0.1, -0.05) is 33.8 Å². The highest BCUT2D eigenvalue weighted by Gasteiger charge is 2.26. The van der Waals surface area contributed by atoms with Gasteiger partial charge in [0.2, 0.25) is 5.95 Å². The van der Waals surface area contributed by atoms with Crippen LogP contribution in [0, 0.1) is 5.92 Å². The predicted molar refractivity (Wildman–Crippen MR) is 166 cm³/mol. The van der Waals surface area contributed by atoms with E-state index in [0.717, 1.165) is 55.5 Å². The van der Waals surface area contributed by atoms with E-state index in [1.165, 1.54) is 63.6 Å². The fourth-order valence-corrected chi connectivity index (χ4v) is 6.18. The molecule has 0 amide bonds. The molecular formula is C32H53N7O. The van der Waals surface area contributed by atoms with E-state index < -0.39 is 0 Å². The lowest BCUT2D eigenvalue weighted by Gasteiger charge is -2.37. The summed E-state index contributed by atoms with van der Waals surface area (Å²) in [5, 5.41) is 11.8. The first kappa shape index (κ1) is 30.5. The molecule has 8 nitrogen and oxygen atoms in total. The molecule has 2 fully saturated rings. The summed E-state index contributed by atoms with van der Waals surface area (Å²) in [6.45, 7) is 15.4. The van der Waals surface area contributed by atoms with Crippen molar-refractivity contribution in [1.82, 2.24) is 24.6 Å². The van der Waals surface area contributed by atoms with Crippen LogP contribution in [0.2, 0.25) is 0 Å². The van der Waals surface area contributed by atoms with Crippen molar-refractivity contribution in [3.63, 3.8) is 0 Å². The molecule has 222 valence electrons. The first-order valence-electron chi connectivity index (χ1n) is 15.9. The van der Waals surface area contributed by atoms with Gasteiger partial charge in [-0.15, -0.1) is 0 Å². The number of ether oxygens (including phenoxy) is 1. The number of rotatable bonds is 14. The topological polar surface area (TPSA) is 80.1 Å². The van der Waals surface area contributed by atoms with Crippen LogP contribution in [0.1, 0.15) is 110 Å². The largest absolute Gasteiger partial charge is 0.381 e.